The van der Waals surface area contributed by atoms with Gasteiger partial charge in [0.15, 0.2) is 0 Å². The van der Waals surface area contributed by atoms with Crippen LogP contribution in [0.4, 0.5) is 0 Å². The van der Waals surface area contributed by atoms with Gasteiger partial charge in [0.1, 0.15) is 8.07 Å². The summed E-state index contributed by atoms with van der Waals surface area (Å²) in [5.41, 5.74) is 0. The Morgan fingerprint density at radius 2 is 2.23 bits per heavy atom. The lowest BCUT2D eigenvalue weighted by Crippen LogP contribution is -2.42. The highest BCUT2D eigenvalue weighted by atomic mass is 28.3. The summed E-state index contributed by atoms with van der Waals surface area (Å²) in [5.74, 6) is 2.70. The summed E-state index contributed by atoms with van der Waals surface area (Å²) in [6.07, 6.45) is 8.00. The zero-order chi connectivity index (χ0) is 9.73. The van der Waals surface area contributed by atoms with Crippen LogP contribution in [-0.2, 0) is 0 Å². The van der Waals surface area contributed by atoms with E-state index in [-0.39, 0.29) is 0 Å². The second kappa shape index (κ2) is 4.24. The molecule has 2 heteroatoms. The van der Waals surface area contributed by atoms with Crippen molar-refractivity contribution in [2.24, 2.45) is 0 Å². The molecule has 0 bridgehead atoms. The molecular weight excluding hydrogens is 174 g/mol. The Morgan fingerprint density at radius 1 is 1.46 bits per heavy atom. The van der Waals surface area contributed by atoms with Crippen molar-refractivity contribution in [1.82, 2.24) is 4.98 Å². The fourth-order valence-corrected chi connectivity index (χ4v) is 3.27. The van der Waals surface area contributed by atoms with Crippen LogP contribution in [0.5, 0.6) is 0 Å². The van der Waals surface area contributed by atoms with Crippen molar-refractivity contribution >= 4 is 13.4 Å². The van der Waals surface area contributed by atoms with Gasteiger partial charge in [0.2, 0.25) is 0 Å². The molecule has 0 saturated carbocycles. The van der Waals surface area contributed by atoms with E-state index in [4.69, 9.17) is 6.42 Å². The molecule has 0 aliphatic rings. The van der Waals surface area contributed by atoms with Crippen LogP contribution >= 0.6 is 0 Å². The number of rotatable bonds is 3. The molecule has 0 aliphatic carbocycles. The summed E-state index contributed by atoms with van der Waals surface area (Å²) in [7, 11) is -1.35. The number of hydrogen-bond acceptors (Lipinski definition) is 1. The average Bonchev–Trinajstić information content (AvgIpc) is 2.16. The van der Waals surface area contributed by atoms with E-state index >= 15 is 0 Å². The summed E-state index contributed by atoms with van der Waals surface area (Å²) in [4.78, 5) is 4.40. The highest BCUT2D eigenvalue weighted by Crippen LogP contribution is 2.10. The molecule has 0 atom stereocenters. The number of pyridine rings is 1. The highest BCUT2D eigenvalue weighted by molar-refractivity contribution is 6.89. The molecule has 0 aromatic carbocycles. The van der Waals surface area contributed by atoms with Gasteiger partial charge in [0.05, 0.1) is 0 Å². The molecule has 0 unspecified atom stereocenters. The maximum absolute atomic E-state index is 5.27. The Hall–Kier alpha value is -1.07. The minimum absolute atomic E-state index is 0.871. The first-order valence-corrected chi connectivity index (χ1v) is 7.72. The third-order valence-corrected chi connectivity index (χ3v) is 5.44. The maximum Gasteiger partial charge on any atom is 0.105 e. The van der Waals surface area contributed by atoms with Crippen LogP contribution in [0.1, 0.15) is 6.42 Å². The Kier molecular flexibility index (Phi) is 3.27. The topological polar surface area (TPSA) is 12.9 Å². The summed E-state index contributed by atoms with van der Waals surface area (Å²) >= 11 is 0. The fourth-order valence-electron chi connectivity index (χ4n) is 1.28. The first-order chi connectivity index (χ1) is 6.17. The van der Waals surface area contributed by atoms with E-state index in [1.807, 2.05) is 18.3 Å². The van der Waals surface area contributed by atoms with Crippen LogP contribution in [0.25, 0.3) is 0 Å². The first-order valence-electron chi connectivity index (χ1n) is 4.52. The Labute approximate surface area is 81.2 Å². The summed E-state index contributed by atoms with van der Waals surface area (Å²) in [6, 6.07) is 7.24. The van der Waals surface area contributed by atoms with E-state index in [1.54, 1.807) is 0 Å². The normalized spacial score (nSPS) is 10.8. The lowest BCUT2D eigenvalue weighted by atomic mass is 10.5. The van der Waals surface area contributed by atoms with Gasteiger partial charge in [-0.25, -0.2) is 0 Å². The van der Waals surface area contributed by atoms with Crippen LogP contribution in [0, 0.1) is 12.3 Å². The van der Waals surface area contributed by atoms with E-state index in [2.05, 4.69) is 30.1 Å². The van der Waals surface area contributed by atoms with Gasteiger partial charge in [0, 0.05) is 17.9 Å². The standard InChI is InChI=1S/C11H15NSi/c1-4-5-10-13(2,3)11-8-6-7-9-12-11/h1,6-9H,5,10H2,2-3H3. The minimum Gasteiger partial charge on any atom is -0.266 e. The van der Waals surface area contributed by atoms with Crippen molar-refractivity contribution < 1.29 is 0 Å². The van der Waals surface area contributed by atoms with Gasteiger partial charge in [-0.1, -0.05) is 19.2 Å². The number of nitrogens with zero attached hydrogens (tertiary/aromatic N) is 1. The largest absolute Gasteiger partial charge is 0.266 e. The third-order valence-electron chi connectivity index (χ3n) is 2.25. The zero-order valence-electron chi connectivity index (χ0n) is 8.25. The molecule has 13 heavy (non-hydrogen) atoms. The maximum atomic E-state index is 5.27. The van der Waals surface area contributed by atoms with Crippen LogP contribution in [0.3, 0.4) is 0 Å². The highest BCUT2D eigenvalue weighted by Gasteiger charge is 2.23. The third kappa shape index (κ3) is 2.71. The Morgan fingerprint density at radius 3 is 2.77 bits per heavy atom. The molecule has 0 N–H and O–H groups in total. The predicted octanol–water partition coefficient (Wildman–Crippen LogP) is 2.02. The van der Waals surface area contributed by atoms with Crippen LogP contribution in [0.15, 0.2) is 24.4 Å². The summed E-state index contributed by atoms with van der Waals surface area (Å²) in [5, 5.41) is 1.25. The van der Waals surface area contributed by atoms with Crippen molar-refractivity contribution in [1.29, 1.82) is 0 Å². The quantitative estimate of drug-likeness (QED) is 0.523. The SMILES string of the molecule is C#CCC[Si](C)(C)c1ccccn1. The van der Waals surface area contributed by atoms with Gasteiger partial charge in [-0.05, 0) is 18.2 Å². The fraction of sp³-hybridized carbons (Fsp3) is 0.364. The van der Waals surface area contributed by atoms with Gasteiger partial charge in [-0.3, -0.25) is 4.98 Å². The van der Waals surface area contributed by atoms with E-state index in [1.165, 1.54) is 5.32 Å². The van der Waals surface area contributed by atoms with E-state index in [9.17, 15) is 0 Å². The minimum atomic E-state index is -1.35. The monoisotopic (exact) mass is 189 g/mol. The Balaban J connectivity index is 2.76. The van der Waals surface area contributed by atoms with Crippen molar-refractivity contribution in [3.05, 3.63) is 24.4 Å². The van der Waals surface area contributed by atoms with Gasteiger partial charge in [-0.2, -0.15) is 0 Å². The first kappa shape index (κ1) is 10.0. The molecule has 0 radical (unpaired) electrons. The second-order valence-electron chi connectivity index (χ2n) is 3.80. The molecule has 0 fully saturated rings. The molecule has 1 aromatic heterocycles. The smallest absolute Gasteiger partial charge is 0.105 e. The predicted molar refractivity (Wildman–Crippen MR) is 59.6 cm³/mol. The molecule has 0 amide bonds. The molecular formula is C11H15NSi. The lowest BCUT2D eigenvalue weighted by Gasteiger charge is -2.19. The molecule has 1 aromatic rings. The van der Waals surface area contributed by atoms with Gasteiger partial charge in [0.25, 0.3) is 0 Å². The summed E-state index contributed by atoms with van der Waals surface area (Å²) in [6.45, 7) is 4.62. The molecule has 0 aliphatic heterocycles. The second-order valence-corrected chi connectivity index (χ2v) is 8.58. The Bertz CT molecular complexity index is 298. The van der Waals surface area contributed by atoms with E-state index in [0.29, 0.717) is 0 Å². The van der Waals surface area contributed by atoms with Gasteiger partial charge >= 0.3 is 0 Å². The van der Waals surface area contributed by atoms with Crippen molar-refractivity contribution in [2.45, 2.75) is 25.6 Å². The van der Waals surface area contributed by atoms with Crippen molar-refractivity contribution in [2.75, 3.05) is 0 Å². The van der Waals surface area contributed by atoms with E-state index < -0.39 is 8.07 Å². The molecule has 68 valence electrons. The van der Waals surface area contributed by atoms with Gasteiger partial charge in [-0.15, -0.1) is 12.3 Å². The molecule has 1 heterocycles. The van der Waals surface area contributed by atoms with E-state index in [0.717, 1.165) is 12.5 Å². The molecule has 0 saturated heterocycles. The number of terminal acetylenes is 1. The molecule has 1 rings (SSSR count). The van der Waals surface area contributed by atoms with Crippen LogP contribution < -0.4 is 5.32 Å². The van der Waals surface area contributed by atoms with Crippen molar-refractivity contribution in [3.63, 3.8) is 0 Å². The average molecular weight is 189 g/mol. The zero-order valence-corrected chi connectivity index (χ0v) is 9.25. The van der Waals surface area contributed by atoms with Crippen molar-refractivity contribution in [3.8, 4) is 12.3 Å². The number of hydrogen-bond donors (Lipinski definition) is 0. The molecule has 0 spiro atoms. The van der Waals surface area contributed by atoms with Gasteiger partial charge < -0.3 is 0 Å². The summed E-state index contributed by atoms with van der Waals surface area (Å²) < 4.78 is 0. The van der Waals surface area contributed by atoms with Crippen LogP contribution in [-0.4, -0.2) is 13.1 Å². The molecule has 1 nitrogen and oxygen atoms in total. The van der Waals surface area contributed by atoms with Crippen LogP contribution in [0.2, 0.25) is 19.1 Å². The lowest BCUT2D eigenvalue weighted by molar-refractivity contribution is 1.20. The number of aromatic nitrogens is 1.